The molecule has 0 unspecified atom stereocenters. The average Bonchev–Trinajstić information content (AvgIpc) is 2.70. The molecule has 0 atom stereocenters. The Morgan fingerprint density at radius 3 is 2.79 bits per heavy atom. The van der Waals surface area contributed by atoms with Gasteiger partial charge < -0.3 is 9.52 Å². The fourth-order valence-electron chi connectivity index (χ4n) is 3.17. The first-order valence-electron chi connectivity index (χ1n) is 9.32. The normalized spacial score (nSPS) is 11.9. The van der Waals surface area contributed by atoms with E-state index >= 15 is 0 Å². The number of aromatic nitrogens is 1. The molecule has 0 saturated heterocycles. The van der Waals surface area contributed by atoms with Crippen LogP contribution in [-0.2, 0) is 11.2 Å². The summed E-state index contributed by atoms with van der Waals surface area (Å²) in [7, 11) is 0. The van der Waals surface area contributed by atoms with Crippen molar-refractivity contribution in [3.8, 4) is 11.5 Å². The van der Waals surface area contributed by atoms with E-state index in [1.165, 1.54) is 0 Å². The number of nitrogens with zero attached hydrogens (tertiary/aromatic N) is 2. The van der Waals surface area contributed by atoms with E-state index in [9.17, 15) is 4.79 Å². The van der Waals surface area contributed by atoms with Gasteiger partial charge in [0.15, 0.2) is 11.3 Å². The molecule has 5 heteroatoms. The molecular weight excluding hydrogens is 352 g/mol. The number of aliphatic carboxylic acids is 1. The van der Waals surface area contributed by atoms with Crippen LogP contribution in [0.4, 0.5) is 5.69 Å². The zero-order valence-electron chi connectivity index (χ0n) is 15.3. The summed E-state index contributed by atoms with van der Waals surface area (Å²) >= 11 is 0. The van der Waals surface area contributed by atoms with Crippen molar-refractivity contribution in [2.75, 3.05) is 0 Å². The molecule has 140 valence electrons. The highest BCUT2D eigenvalue weighted by atomic mass is 16.4. The van der Waals surface area contributed by atoms with Crippen LogP contribution in [0, 0.1) is 0 Å². The van der Waals surface area contributed by atoms with Gasteiger partial charge in [-0.05, 0) is 61.2 Å². The third-order valence-corrected chi connectivity index (χ3v) is 4.54. The number of hydrogen-bond donors (Lipinski definition) is 1. The molecule has 2 aromatic rings. The van der Waals surface area contributed by atoms with E-state index in [4.69, 9.17) is 14.5 Å². The number of hydrogen-bond acceptors (Lipinski definition) is 4. The molecular formula is C23H20N2O3. The average molecular weight is 372 g/mol. The smallest absolute Gasteiger partial charge is 0.303 e. The van der Waals surface area contributed by atoms with Crippen LogP contribution in [0.3, 0.4) is 0 Å². The second kappa shape index (κ2) is 8.05. The van der Waals surface area contributed by atoms with Crippen molar-refractivity contribution in [3.05, 3.63) is 77.7 Å². The van der Waals surface area contributed by atoms with Crippen molar-refractivity contribution >= 4 is 22.8 Å². The molecule has 0 fully saturated rings. The first kappa shape index (κ1) is 17.9. The van der Waals surface area contributed by atoms with Gasteiger partial charge in [-0.25, -0.2) is 9.98 Å². The van der Waals surface area contributed by atoms with Crippen LogP contribution in [-0.4, -0.2) is 16.1 Å². The summed E-state index contributed by atoms with van der Waals surface area (Å²) in [4.78, 5) is 19.9. The molecule has 1 aliphatic heterocycles. The summed E-state index contributed by atoms with van der Waals surface area (Å²) in [6.45, 7) is 0. The molecule has 1 N–H and O–H groups in total. The molecule has 4 rings (SSSR count). The lowest BCUT2D eigenvalue weighted by Gasteiger charge is -2.06. The minimum Gasteiger partial charge on any atom is -0.481 e. The maximum Gasteiger partial charge on any atom is 0.303 e. The quantitative estimate of drug-likeness (QED) is 0.383. The fourth-order valence-corrected chi connectivity index (χ4v) is 3.17. The zero-order valence-corrected chi connectivity index (χ0v) is 15.3. The second-order valence-electron chi connectivity index (χ2n) is 6.72. The van der Waals surface area contributed by atoms with Gasteiger partial charge in [0, 0.05) is 12.5 Å². The lowest BCUT2D eigenvalue weighted by molar-refractivity contribution is -0.137. The summed E-state index contributed by atoms with van der Waals surface area (Å²) in [5.41, 5.74) is 4.39. The van der Waals surface area contributed by atoms with Crippen molar-refractivity contribution in [3.63, 3.8) is 0 Å². The van der Waals surface area contributed by atoms with Crippen LogP contribution in [0.5, 0.6) is 0 Å². The van der Waals surface area contributed by atoms with Crippen molar-refractivity contribution in [1.29, 1.82) is 0 Å². The summed E-state index contributed by atoms with van der Waals surface area (Å²) in [6, 6.07) is 21.5. The molecule has 0 bridgehead atoms. The molecule has 2 aromatic carbocycles. The van der Waals surface area contributed by atoms with Gasteiger partial charge in [0.05, 0.1) is 11.0 Å². The number of fused-ring (bicyclic) bond motifs is 2. The topological polar surface area (TPSA) is 75.7 Å². The monoisotopic (exact) mass is 372 g/mol. The van der Waals surface area contributed by atoms with E-state index in [1.54, 1.807) is 0 Å². The van der Waals surface area contributed by atoms with E-state index in [2.05, 4.69) is 4.98 Å². The molecule has 0 amide bonds. The van der Waals surface area contributed by atoms with Crippen LogP contribution in [0.2, 0.25) is 0 Å². The second-order valence-corrected chi connectivity index (χ2v) is 6.72. The molecule has 0 spiro atoms. The summed E-state index contributed by atoms with van der Waals surface area (Å²) in [6.07, 6.45) is 2.60. The lowest BCUT2D eigenvalue weighted by atomic mass is 10.1. The molecule has 0 saturated carbocycles. The van der Waals surface area contributed by atoms with E-state index < -0.39 is 5.97 Å². The molecule has 5 nitrogen and oxygen atoms in total. The first-order chi connectivity index (χ1) is 13.7. The number of carboxylic acids is 1. The standard InChI is InChI=1S/C23H20N2O3/c26-23(27)11-4-1-6-16-7-5-8-17(14-16)24-18-12-13-20-22(15-18)28-21-10-3-2-9-19(21)25-20/h2-3,5,7-10,12-15H,1,4,6,11H2,(H,26,27). The number of benzene rings is 3. The Labute approximate surface area is 162 Å². The predicted octanol–water partition coefficient (Wildman–Crippen LogP) is 4.96. The van der Waals surface area contributed by atoms with Crippen LogP contribution < -0.4 is 5.36 Å². The Balaban J connectivity index is 1.59. The van der Waals surface area contributed by atoms with Gasteiger partial charge in [0.25, 0.3) is 0 Å². The Morgan fingerprint density at radius 1 is 1.00 bits per heavy atom. The number of carbonyl (C=O) groups is 1. The molecule has 1 aliphatic carbocycles. The lowest BCUT2D eigenvalue weighted by Crippen LogP contribution is -2.02. The van der Waals surface area contributed by atoms with Crippen LogP contribution in [0.15, 0.2) is 76.1 Å². The predicted molar refractivity (Wildman–Crippen MR) is 107 cm³/mol. The van der Waals surface area contributed by atoms with E-state index in [0.29, 0.717) is 12.2 Å². The Morgan fingerprint density at radius 2 is 1.89 bits per heavy atom. The van der Waals surface area contributed by atoms with Gasteiger partial charge in [0.1, 0.15) is 11.2 Å². The van der Waals surface area contributed by atoms with E-state index in [1.807, 2.05) is 66.7 Å². The van der Waals surface area contributed by atoms with Gasteiger partial charge in [-0.15, -0.1) is 0 Å². The van der Waals surface area contributed by atoms with Gasteiger partial charge in [-0.2, -0.15) is 0 Å². The van der Waals surface area contributed by atoms with Crippen LogP contribution in [0.25, 0.3) is 22.6 Å². The van der Waals surface area contributed by atoms with Crippen molar-refractivity contribution in [2.45, 2.75) is 25.7 Å². The number of para-hydroxylation sites is 2. The summed E-state index contributed by atoms with van der Waals surface area (Å²) in [5.74, 6) is -0.0440. The molecule has 28 heavy (non-hydrogen) atoms. The minimum absolute atomic E-state index is 0.216. The Kier molecular flexibility index (Phi) is 5.15. The highest BCUT2D eigenvalue weighted by Gasteiger charge is 2.08. The van der Waals surface area contributed by atoms with Crippen LogP contribution in [0.1, 0.15) is 24.8 Å². The first-order valence-corrected chi connectivity index (χ1v) is 9.32. The third-order valence-electron chi connectivity index (χ3n) is 4.54. The number of unbranched alkanes of at least 4 members (excludes halogenated alkanes) is 1. The Hall–Kier alpha value is -3.47. The minimum atomic E-state index is -0.743. The highest BCUT2D eigenvalue weighted by Crippen LogP contribution is 2.23. The summed E-state index contributed by atoms with van der Waals surface area (Å²) < 4.78 is 5.96. The van der Waals surface area contributed by atoms with Crippen molar-refractivity contribution < 1.29 is 14.3 Å². The number of carboxylic acid groups (broad SMARTS) is 1. The van der Waals surface area contributed by atoms with Gasteiger partial charge in [-0.3, -0.25) is 4.79 Å². The van der Waals surface area contributed by atoms with E-state index in [0.717, 1.165) is 46.2 Å². The van der Waals surface area contributed by atoms with Crippen molar-refractivity contribution in [2.24, 2.45) is 4.99 Å². The maximum absolute atomic E-state index is 10.6. The van der Waals surface area contributed by atoms with Gasteiger partial charge >= 0.3 is 5.97 Å². The molecule has 2 aliphatic rings. The molecule has 0 aromatic heterocycles. The van der Waals surface area contributed by atoms with Gasteiger partial charge in [-0.1, -0.05) is 24.3 Å². The molecule has 0 radical (unpaired) electrons. The van der Waals surface area contributed by atoms with E-state index in [-0.39, 0.29) is 6.42 Å². The Bertz CT molecular complexity index is 1160. The maximum atomic E-state index is 10.6. The number of aryl methyl sites for hydroxylation is 1. The largest absolute Gasteiger partial charge is 0.481 e. The molecule has 1 heterocycles. The summed E-state index contributed by atoms with van der Waals surface area (Å²) in [5, 5.41) is 9.53. The fraction of sp³-hybridized carbons (Fsp3) is 0.174. The number of rotatable bonds is 6. The highest BCUT2D eigenvalue weighted by molar-refractivity contribution is 5.75. The SMILES string of the molecule is O=C(O)CCCCc1cccc(N=c2ccc3nc4ccccc4oc-3c2)c1. The third kappa shape index (κ3) is 4.26. The van der Waals surface area contributed by atoms with Crippen LogP contribution >= 0.6 is 0 Å². The zero-order chi connectivity index (χ0) is 19.3. The van der Waals surface area contributed by atoms with Gasteiger partial charge in [0.2, 0.25) is 0 Å². The van der Waals surface area contributed by atoms with Crippen molar-refractivity contribution in [1.82, 2.24) is 4.98 Å².